The van der Waals surface area contributed by atoms with Gasteiger partial charge in [0.15, 0.2) is 6.29 Å². The number of hydrogen-bond acceptors (Lipinski definition) is 10. The predicted octanol–water partition coefficient (Wildman–Crippen LogP) is 1.40. The molecule has 2 spiro atoms. The summed E-state index contributed by atoms with van der Waals surface area (Å²) in [4.78, 5) is 26.4. The van der Waals surface area contributed by atoms with Crippen LogP contribution in [0.25, 0.3) is 0 Å². The van der Waals surface area contributed by atoms with E-state index in [1.807, 2.05) is 0 Å². The molecular formula is C29H34O10. The second-order valence-corrected chi connectivity index (χ2v) is 12.1. The predicted molar refractivity (Wildman–Crippen MR) is 133 cm³/mol. The Hall–Kier alpha value is -2.34. The molecule has 10 heteroatoms. The Bertz CT molecular complexity index is 1210. The molecule has 2 aliphatic carbocycles. The number of ether oxygens (including phenoxy) is 6. The van der Waals surface area contributed by atoms with Gasteiger partial charge in [-0.1, -0.05) is 30.7 Å². The minimum absolute atomic E-state index is 0.0562. The van der Waals surface area contributed by atoms with Crippen LogP contribution in [0.15, 0.2) is 47.6 Å². The Labute approximate surface area is 226 Å². The molecule has 4 bridgehead atoms. The van der Waals surface area contributed by atoms with Crippen molar-refractivity contribution in [1.82, 2.24) is 0 Å². The monoisotopic (exact) mass is 542 g/mol. The van der Waals surface area contributed by atoms with Crippen molar-refractivity contribution in [2.75, 3.05) is 19.8 Å². The topological polar surface area (TPSA) is 133 Å². The molecule has 10 atom stereocenters. The molecule has 1 unspecified atom stereocenters. The van der Waals surface area contributed by atoms with E-state index in [1.54, 1.807) is 12.2 Å². The van der Waals surface area contributed by atoms with Crippen LogP contribution in [0.2, 0.25) is 0 Å². The van der Waals surface area contributed by atoms with Gasteiger partial charge in [0.25, 0.3) is 0 Å². The quantitative estimate of drug-likeness (QED) is 0.263. The standard InChI is InChI=1S/C29H34O10/c1-16-6-9-27-14-34-22(31)12-17-7-10-35-28(23(32)25(33)39-24(17)28)8-4-3-5-21(30)38-18-13-20(37-19(27)11-16)29(15-36-29)26(18,27)2/h3-5,8,11-12,18-20,23-25,32-33H,6-7,9-10,13-15H2,1-2H3/b5-3-,8-4+,17-12+/t18-,19-,20-,23+,24-,25-,26-,27-,28-,29?/m1/s1. The summed E-state index contributed by atoms with van der Waals surface area (Å²) in [7, 11) is 0. The number of aliphatic hydroxyl groups excluding tert-OH is 2. The van der Waals surface area contributed by atoms with E-state index in [-0.39, 0.29) is 25.4 Å². The number of carbonyl (C=O) groups excluding carboxylic acids is 2. The Morgan fingerprint density at radius 1 is 1.00 bits per heavy atom. The van der Waals surface area contributed by atoms with E-state index in [0.29, 0.717) is 31.4 Å². The summed E-state index contributed by atoms with van der Waals surface area (Å²) < 4.78 is 36.5. The number of carbonyl (C=O) groups is 2. The zero-order valence-electron chi connectivity index (χ0n) is 22.0. The van der Waals surface area contributed by atoms with E-state index < -0.39 is 58.6 Å². The van der Waals surface area contributed by atoms with Crippen LogP contribution in [-0.2, 0) is 38.0 Å². The van der Waals surface area contributed by atoms with Gasteiger partial charge in [-0.3, -0.25) is 0 Å². The second-order valence-electron chi connectivity index (χ2n) is 12.1. The highest BCUT2D eigenvalue weighted by molar-refractivity contribution is 5.83. The number of cyclic esters (lactones) is 1. The Balaban J connectivity index is 1.32. The molecule has 10 nitrogen and oxygen atoms in total. The molecule has 0 radical (unpaired) electrons. The third-order valence-electron chi connectivity index (χ3n) is 10.4. The Morgan fingerprint density at radius 2 is 1.82 bits per heavy atom. The lowest BCUT2D eigenvalue weighted by Gasteiger charge is -2.58. The van der Waals surface area contributed by atoms with E-state index in [2.05, 4.69) is 19.9 Å². The molecule has 5 fully saturated rings. The van der Waals surface area contributed by atoms with Gasteiger partial charge in [-0.25, -0.2) is 9.59 Å². The van der Waals surface area contributed by atoms with Crippen LogP contribution in [0, 0.1) is 10.8 Å². The first-order chi connectivity index (χ1) is 18.7. The largest absolute Gasteiger partial charge is 0.462 e. The molecule has 7 aliphatic rings. The average Bonchev–Trinajstić information content (AvgIpc) is 3.64. The van der Waals surface area contributed by atoms with E-state index in [0.717, 1.165) is 6.42 Å². The van der Waals surface area contributed by atoms with Gasteiger partial charge in [0.2, 0.25) is 0 Å². The third kappa shape index (κ3) is 3.36. The summed E-state index contributed by atoms with van der Waals surface area (Å²) in [5.74, 6) is -1.08. The fourth-order valence-electron chi connectivity index (χ4n) is 8.14. The molecule has 2 N–H and O–H groups in total. The molecule has 39 heavy (non-hydrogen) atoms. The summed E-state index contributed by atoms with van der Waals surface area (Å²) in [6, 6.07) is 0. The van der Waals surface area contributed by atoms with Crippen molar-refractivity contribution in [2.45, 2.75) is 87.5 Å². The van der Waals surface area contributed by atoms with E-state index in [9.17, 15) is 19.8 Å². The second kappa shape index (κ2) is 8.58. The fourth-order valence-corrected chi connectivity index (χ4v) is 8.14. The van der Waals surface area contributed by atoms with Gasteiger partial charge < -0.3 is 38.6 Å². The highest BCUT2D eigenvalue weighted by Gasteiger charge is 2.83. The van der Waals surface area contributed by atoms with Gasteiger partial charge in [-0.2, -0.15) is 0 Å². The molecular weight excluding hydrogens is 508 g/mol. The van der Waals surface area contributed by atoms with Crippen molar-refractivity contribution >= 4 is 11.9 Å². The van der Waals surface area contributed by atoms with Crippen molar-refractivity contribution in [3.63, 3.8) is 0 Å². The maximum atomic E-state index is 13.3. The van der Waals surface area contributed by atoms with Crippen molar-refractivity contribution < 1.29 is 48.2 Å². The smallest absolute Gasteiger partial charge is 0.331 e. The molecule has 210 valence electrons. The number of allylic oxidation sites excluding steroid dienone is 3. The summed E-state index contributed by atoms with van der Waals surface area (Å²) in [5, 5.41) is 21.1. The van der Waals surface area contributed by atoms with Crippen LogP contribution in [0.5, 0.6) is 0 Å². The van der Waals surface area contributed by atoms with Crippen LogP contribution < -0.4 is 0 Å². The molecule has 7 rings (SSSR count). The number of aliphatic hydroxyl groups is 2. The number of rotatable bonds is 0. The van der Waals surface area contributed by atoms with Crippen molar-refractivity contribution in [3.8, 4) is 0 Å². The lowest BCUT2D eigenvalue weighted by molar-refractivity contribution is -0.232. The van der Waals surface area contributed by atoms with Crippen LogP contribution in [-0.4, -0.2) is 90.0 Å². The maximum absolute atomic E-state index is 13.3. The lowest BCUT2D eigenvalue weighted by atomic mass is 9.51. The Morgan fingerprint density at radius 3 is 2.62 bits per heavy atom. The first-order valence-electron chi connectivity index (χ1n) is 13.7. The molecule has 0 aromatic rings. The van der Waals surface area contributed by atoms with Gasteiger partial charge >= 0.3 is 11.9 Å². The van der Waals surface area contributed by atoms with Gasteiger partial charge in [0.1, 0.15) is 36.1 Å². The summed E-state index contributed by atoms with van der Waals surface area (Å²) in [5.41, 5.74) is -1.58. The average molecular weight is 543 g/mol. The van der Waals surface area contributed by atoms with Crippen LogP contribution in [0.3, 0.4) is 0 Å². The number of esters is 2. The minimum atomic E-state index is -1.51. The van der Waals surface area contributed by atoms with Crippen molar-refractivity contribution in [3.05, 3.63) is 47.6 Å². The van der Waals surface area contributed by atoms with E-state index >= 15 is 0 Å². The first kappa shape index (κ1) is 25.6. The molecule has 0 aromatic carbocycles. The first-order valence-corrected chi connectivity index (χ1v) is 13.7. The Kier molecular flexibility index (Phi) is 5.64. The zero-order chi connectivity index (χ0) is 27.2. The normalized spacial score (nSPS) is 53.4. The summed E-state index contributed by atoms with van der Waals surface area (Å²) >= 11 is 0. The summed E-state index contributed by atoms with van der Waals surface area (Å²) in [6.45, 7) is 4.93. The minimum Gasteiger partial charge on any atom is -0.462 e. The molecule has 5 heterocycles. The van der Waals surface area contributed by atoms with Gasteiger partial charge in [-0.05, 0) is 37.8 Å². The highest BCUT2D eigenvalue weighted by atomic mass is 16.7. The van der Waals surface area contributed by atoms with Gasteiger partial charge in [0, 0.05) is 24.0 Å². The van der Waals surface area contributed by atoms with Gasteiger partial charge in [0.05, 0.1) is 30.8 Å². The zero-order valence-corrected chi connectivity index (χ0v) is 22.0. The van der Waals surface area contributed by atoms with Gasteiger partial charge in [-0.15, -0.1) is 0 Å². The molecule has 0 amide bonds. The van der Waals surface area contributed by atoms with Crippen molar-refractivity contribution in [2.24, 2.45) is 10.8 Å². The van der Waals surface area contributed by atoms with E-state index in [4.69, 9.17) is 28.4 Å². The van der Waals surface area contributed by atoms with Crippen molar-refractivity contribution in [1.29, 1.82) is 0 Å². The lowest BCUT2D eigenvalue weighted by Crippen LogP contribution is -2.66. The number of hydrogen-bond donors (Lipinski definition) is 2. The van der Waals surface area contributed by atoms with Crippen LogP contribution >= 0.6 is 0 Å². The highest BCUT2D eigenvalue weighted by Crippen LogP contribution is 2.72. The maximum Gasteiger partial charge on any atom is 0.331 e. The molecule has 0 aromatic heterocycles. The SMILES string of the molecule is CC1=C[C@H]2O[C@@H]3C[C@H]4OC(=O)/C=C\C=C\[C@]56OCC/C(=C\C(=O)OC[C@@]2(CC1)[C@]4(C)C31CO1)[C@H]5O[C@@H](O)[C@@H]6O. The van der Waals surface area contributed by atoms with Crippen LogP contribution in [0.4, 0.5) is 0 Å². The third-order valence-corrected chi connectivity index (χ3v) is 10.4. The molecule has 1 saturated carbocycles. The fraction of sp³-hybridized carbons (Fsp3) is 0.655. The van der Waals surface area contributed by atoms with E-state index in [1.165, 1.54) is 23.8 Å². The van der Waals surface area contributed by atoms with Crippen LogP contribution in [0.1, 0.15) is 39.5 Å². The number of epoxide rings is 1. The molecule has 5 aliphatic heterocycles. The summed E-state index contributed by atoms with van der Waals surface area (Å²) in [6.07, 6.45) is 6.94. The molecule has 4 saturated heterocycles.